The third kappa shape index (κ3) is 4.07. The first kappa shape index (κ1) is 12.9. The average Bonchev–Trinajstić information content (AvgIpc) is 3.01. The molecule has 15 heavy (non-hydrogen) atoms. The number of ether oxygens (including phenoxy) is 1. The van der Waals surface area contributed by atoms with Gasteiger partial charge in [-0.2, -0.15) is 0 Å². The van der Waals surface area contributed by atoms with Gasteiger partial charge in [0.2, 0.25) is 0 Å². The van der Waals surface area contributed by atoms with Crippen molar-refractivity contribution in [3.63, 3.8) is 0 Å². The Hall–Kier alpha value is -0.160. The number of hydrogen-bond donors (Lipinski definition) is 2. The number of aliphatic hydroxyl groups is 1. The largest absolute Gasteiger partial charge is 0.395 e. The van der Waals surface area contributed by atoms with Gasteiger partial charge in [0.1, 0.15) is 0 Å². The maximum absolute atomic E-state index is 9.38. The maximum Gasteiger partial charge on any atom is 0.0629 e. The van der Waals surface area contributed by atoms with Crippen molar-refractivity contribution in [2.75, 3.05) is 33.4 Å². The predicted octanol–water partition coefficient (Wildman–Crippen LogP) is 0.0529. The van der Waals surface area contributed by atoms with E-state index in [4.69, 9.17) is 10.5 Å². The zero-order valence-electron chi connectivity index (χ0n) is 9.85. The van der Waals surface area contributed by atoms with E-state index in [9.17, 15) is 5.11 Å². The lowest BCUT2D eigenvalue weighted by atomic mass is 10.1. The highest BCUT2D eigenvalue weighted by Crippen LogP contribution is 2.30. The summed E-state index contributed by atoms with van der Waals surface area (Å²) in [6, 6.07) is -0.0609. The van der Waals surface area contributed by atoms with Gasteiger partial charge < -0.3 is 15.6 Å². The van der Waals surface area contributed by atoms with Gasteiger partial charge >= 0.3 is 0 Å². The van der Waals surface area contributed by atoms with Crippen molar-refractivity contribution in [1.29, 1.82) is 0 Å². The molecule has 90 valence electrons. The Balaban J connectivity index is 2.43. The van der Waals surface area contributed by atoms with E-state index in [1.807, 2.05) is 0 Å². The monoisotopic (exact) mass is 216 g/mol. The summed E-state index contributed by atoms with van der Waals surface area (Å²) in [6.45, 7) is 4.75. The van der Waals surface area contributed by atoms with Gasteiger partial charge in [0.25, 0.3) is 0 Å². The molecule has 2 atom stereocenters. The standard InChI is InChI=1S/C11H24N2O2/c1-3-13(6-9-4-5-9)11(7-14)10(12)8-15-2/h9-11,14H,3-8,12H2,1-2H3. The molecule has 0 aliphatic heterocycles. The summed E-state index contributed by atoms with van der Waals surface area (Å²) in [5, 5.41) is 9.38. The molecule has 4 nitrogen and oxygen atoms in total. The highest BCUT2D eigenvalue weighted by Gasteiger charge is 2.29. The van der Waals surface area contributed by atoms with E-state index in [0.29, 0.717) is 6.61 Å². The van der Waals surface area contributed by atoms with Gasteiger partial charge in [-0.3, -0.25) is 4.90 Å². The van der Waals surface area contributed by atoms with E-state index >= 15 is 0 Å². The number of aliphatic hydroxyl groups excluding tert-OH is 1. The summed E-state index contributed by atoms with van der Waals surface area (Å²) in [5.41, 5.74) is 5.98. The predicted molar refractivity (Wildman–Crippen MR) is 60.7 cm³/mol. The molecule has 1 aliphatic carbocycles. The van der Waals surface area contributed by atoms with Gasteiger partial charge in [0.05, 0.1) is 19.3 Å². The van der Waals surface area contributed by atoms with Crippen LogP contribution in [0.2, 0.25) is 0 Å². The second-order valence-electron chi connectivity index (χ2n) is 4.40. The van der Waals surface area contributed by atoms with Crippen LogP contribution in [0.1, 0.15) is 19.8 Å². The smallest absolute Gasteiger partial charge is 0.0629 e. The van der Waals surface area contributed by atoms with Crippen molar-refractivity contribution in [1.82, 2.24) is 4.90 Å². The highest BCUT2D eigenvalue weighted by molar-refractivity contribution is 4.85. The van der Waals surface area contributed by atoms with Crippen LogP contribution < -0.4 is 5.73 Å². The Kier molecular flexibility index (Phi) is 5.53. The minimum absolute atomic E-state index is 0.0375. The Morgan fingerprint density at radius 2 is 2.20 bits per heavy atom. The molecule has 1 rings (SSSR count). The number of nitrogens with zero attached hydrogens (tertiary/aromatic N) is 1. The molecule has 1 fully saturated rings. The molecule has 0 amide bonds. The first-order valence-corrected chi connectivity index (χ1v) is 5.82. The lowest BCUT2D eigenvalue weighted by Gasteiger charge is -2.33. The van der Waals surface area contributed by atoms with Crippen molar-refractivity contribution in [2.24, 2.45) is 11.7 Å². The van der Waals surface area contributed by atoms with E-state index in [0.717, 1.165) is 19.0 Å². The molecule has 0 spiro atoms. The van der Waals surface area contributed by atoms with Crippen LogP contribution in [-0.4, -0.2) is 55.5 Å². The van der Waals surface area contributed by atoms with Gasteiger partial charge in [0.15, 0.2) is 0 Å². The molecule has 2 unspecified atom stereocenters. The van der Waals surface area contributed by atoms with Crippen molar-refractivity contribution < 1.29 is 9.84 Å². The van der Waals surface area contributed by atoms with Gasteiger partial charge in [-0.1, -0.05) is 6.92 Å². The average molecular weight is 216 g/mol. The fourth-order valence-electron chi connectivity index (χ4n) is 1.96. The summed E-state index contributed by atoms with van der Waals surface area (Å²) < 4.78 is 5.04. The Labute approximate surface area is 92.4 Å². The molecule has 4 heteroatoms. The molecule has 0 aromatic heterocycles. The summed E-state index contributed by atoms with van der Waals surface area (Å²) in [4.78, 5) is 2.28. The molecule has 0 radical (unpaired) electrons. The summed E-state index contributed by atoms with van der Waals surface area (Å²) in [7, 11) is 1.64. The van der Waals surface area contributed by atoms with Crippen molar-refractivity contribution in [3.8, 4) is 0 Å². The van der Waals surface area contributed by atoms with Crippen LogP contribution in [0.3, 0.4) is 0 Å². The molecule has 0 aromatic rings. The molecule has 3 N–H and O–H groups in total. The van der Waals surface area contributed by atoms with Gasteiger partial charge in [-0.15, -0.1) is 0 Å². The fourth-order valence-corrected chi connectivity index (χ4v) is 1.96. The molecular formula is C11H24N2O2. The third-order valence-electron chi connectivity index (χ3n) is 3.11. The zero-order valence-corrected chi connectivity index (χ0v) is 9.85. The topological polar surface area (TPSA) is 58.7 Å². The van der Waals surface area contributed by atoms with E-state index in [1.54, 1.807) is 7.11 Å². The van der Waals surface area contributed by atoms with Crippen molar-refractivity contribution in [2.45, 2.75) is 31.8 Å². The second kappa shape index (κ2) is 6.43. The van der Waals surface area contributed by atoms with Gasteiger partial charge in [0, 0.05) is 19.7 Å². The number of likely N-dealkylation sites (N-methyl/N-ethyl adjacent to an activating group) is 1. The Morgan fingerprint density at radius 3 is 2.60 bits per heavy atom. The van der Waals surface area contributed by atoms with Crippen LogP contribution in [0.5, 0.6) is 0 Å². The first-order valence-electron chi connectivity index (χ1n) is 5.82. The van der Waals surface area contributed by atoms with Gasteiger partial charge in [-0.05, 0) is 25.3 Å². The van der Waals surface area contributed by atoms with E-state index in [-0.39, 0.29) is 18.7 Å². The van der Waals surface area contributed by atoms with Crippen LogP contribution in [0.15, 0.2) is 0 Å². The highest BCUT2D eigenvalue weighted by atomic mass is 16.5. The zero-order chi connectivity index (χ0) is 11.3. The first-order chi connectivity index (χ1) is 7.22. The molecule has 0 aromatic carbocycles. The summed E-state index contributed by atoms with van der Waals surface area (Å²) >= 11 is 0. The quantitative estimate of drug-likeness (QED) is 0.602. The lowest BCUT2D eigenvalue weighted by molar-refractivity contribution is 0.0707. The molecule has 0 bridgehead atoms. The fraction of sp³-hybridized carbons (Fsp3) is 1.00. The maximum atomic E-state index is 9.38. The normalized spacial score (nSPS) is 20.6. The Bertz CT molecular complexity index is 174. The van der Waals surface area contributed by atoms with E-state index in [2.05, 4.69) is 11.8 Å². The van der Waals surface area contributed by atoms with Crippen molar-refractivity contribution in [3.05, 3.63) is 0 Å². The third-order valence-corrected chi connectivity index (χ3v) is 3.11. The summed E-state index contributed by atoms with van der Waals surface area (Å²) in [6.07, 6.45) is 2.66. The van der Waals surface area contributed by atoms with Gasteiger partial charge in [-0.25, -0.2) is 0 Å². The van der Waals surface area contributed by atoms with Crippen LogP contribution in [0, 0.1) is 5.92 Å². The molecule has 0 heterocycles. The lowest BCUT2D eigenvalue weighted by Crippen LogP contribution is -2.52. The van der Waals surface area contributed by atoms with Crippen LogP contribution >= 0.6 is 0 Å². The molecule has 0 saturated heterocycles. The molecule has 1 saturated carbocycles. The molecular weight excluding hydrogens is 192 g/mol. The van der Waals surface area contributed by atoms with Crippen LogP contribution in [-0.2, 0) is 4.74 Å². The van der Waals surface area contributed by atoms with Crippen molar-refractivity contribution >= 4 is 0 Å². The number of rotatable bonds is 8. The number of methoxy groups -OCH3 is 1. The second-order valence-corrected chi connectivity index (χ2v) is 4.40. The number of hydrogen-bond acceptors (Lipinski definition) is 4. The van der Waals surface area contributed by atoms with Crippen LogP contribution in [0.4, 0.5) is 0 Å². The molecule has 1 aliphatic rings. The van der Waals surface area contributed by atoms with E-state index < -0.39 is 0 Å². The minimum atomic E-state index is -0.0984. The SMILES string of the molecule is CCN(CC1CC1)C(CO)C(N)COC. The summed E-state index contributed by atoms with van der Waals surface area (Å²) in [5.74, 6) is 0.828. The van der Waals surface area contributed by atoms with E-state index in [1.165, 1.54) is 12.8 Å². The Morgan fingerprint density at radius 1 is 1.53 bits per heavy atom. The van der Waals surface area contributed by atoms with Crippen LogP contribution in [0.25, 0.3) is 0 Å². The number of nitrogens with two attached hydrogens (primary N) is 1. The minimum Gasteiger partial charge on any atom is -0.395 e.